The fourth-order valence-corrected chi connectivity index (χ4v) is 2.70. The summed E-state index contributed by atoms with van der Waals surface area (Å²) in [5.41, 5.74) is 2.26. The van der Waals surface area contributed by atoms with Gasteiger partial charge in [0, 0.05) is 18.3 Å². The molecule has 106 valence electrons. The van der Waals surface area contributed by atoms with Gasteiger partial charge in [-0.15, -0.1) is 0 Å². The Kier molecular flexibility index (Phi) is 5.15. The van der Waals surface area contributed by atoms with E-state index in [4.69, 9.17) is 4.74 Å². The number of hydrogen-bond donors (Lipinski definition) is 1. The zero-order valence-corrected chi connectivity index (χ0v) is 13.5. The maximum Gasteiger partial charge on any atom is 0.133 e. The van der Waals surface area contributed by atoms with Gasteiger partial charge in [0.1, 0.15) is 5.75 Å². The number of nitrogens with one attached hydrogen (secondary N) is 1. The summed E-state index contributed by atoms with van der Waals surface area (Å²) in [6.07, 6.45) is 1.82. The Hall–Kier alpha value is -1.39. The summed E-state index contributed by atoms with van der Waals surface area (Å²) in [5.74, 6) is 0.846. The van der Waals surface area contributed by atoms with Crippen LogP contribution in [-0.4, -0.2) is 12.1 Å². The van der Waals surface area contributed by atoms with Crippen LogP contribution < -0.4 is 10.1 Å². The first-order valence-corrected chi connectivity index (χ1v) is 7.41. The Morgan fingerprint density at radius 2 is 1.95 bits per heavy atom. The van der Waals surface area contributed by atoms with Crippen molar-refractivity contribution >= 4 is 15.9 Å². The molecule has 0 saturated heterocycles. The number of benzene rings is 1. The number of halogens is 1. The molecule has 2 aromatic rings. The Balaban J connectivity index is 2.08. The predicted molar refractivity (Wildman–Crippen MR) is 84.9 cm³/mol. The Morgan fingerprint density at radius 1 is 1.15 bits per heavy atom. The number of methoxy groups -OCH3 is 1. The van der Waals surface area contributed by atoms with Gasteiger partial charge in [-0.3, -0.25) is 4.98 Å². The van der Waals surface area contributed by atoms with Gasteiger partial charge in [0.2, 0.25) is 0 Å². The second kappa shape index (κ2) is 6.86. The van der Waals surface area contributed by atoms with E-state index in [0.29, 0.717) is 0 Å². The maximum atomic E-state index is 5.25. The lowest BCUT2D eigenvalue weighted by atomic mass is 10.1. The minimum Gasteiger partial charge on any atom is -0.496 e. The lowest BCUT2D eigenvalue weighted by molar-refractivity contribution is 0.411. The van der Waals surface area contributed by atoms with Gasteiger partial charge < -0.3 is 10.1 Å². The summed E-state index contributed by atoms with van der Waals surface area (Å²) in [4.78, 5) is 4.38. The first-order chi connectivity index (χ1) is 9.61. The fourth-order valence-electron chi connectivity index (χ4n) is 2.14. The van der Waals surface area contributed by atoms with E-state index >= 15 is 0 Å². The van der Waals surface area contributed by atoms with Crippen molar-refractivity contribution in [2.24, 2.45) is 0 Å². The molecule has 0 fully saturated rings. The minimum absolute atomic E-state index is 0.201. The van der Waals surface area contributed by atoms with Crippen LogP contribution in [0, 0.1) is 0 Å². The van der Waals surface area contributed by atoms with E-state index in [0.717, 1.165) is 15.9 Å². The van der Waals surface area contributed by atoms with Crippen molar-refractivity contribution in [2.45, 2.75) is 25.9 Å². The first kappa shape index (κ1) is 15.0. The summed E-state index contributed by atoms with van der Waals surface area (Å²) in [6.45, 7) is 4.27. The molecule has 0 aliphatic carbocycles. The predicted octanol–water partition coefficient (Wildman–Crippen LogP) is 4.26. The van der Waals surface area contributed by atoms with Crippen LogP contribution in [0.4, 0.5) is 0 Å². The normalized spacial score (nSPS) is 13.8. The van der Waals surface area contributed by atoms with Crippen molar-refractivity contribution < 1.29 is 4.74 Å². The summed E-state index contributed by atoms with van der Waals surface area (Å²) >= 11 is 3.52. The molecule has 4 heteroatoms. The average Bonchev–Trinajstić information content (AvgIpc) is 2.48. The number of pyridine rings is 1. The number of nitrogens with zero attached hydrogens (tertiary/aromatic N) is 1. The highest BCUT2D eigenvalue weighted by molar-refractivity contribution is 9.10. The van der Waals surface area contributed by atoms with Gasteiger partial charge in [0.05, 0.1) is 17.3 Å². The van der Waals surface area contributed by atoms with Crippen LogP contribution in [-0.2, 0) is 0 Å². The molecule has 0 aliphatic rings. The van der Waals surface area contributed by atoms with Gasteiger partial charge in [-0.2, -0.15) is 0 Å². The number of ether oxygens (including phenoxy) is 1. The van der Waals surface area contributed by atoms with E-state index in [1.807, 2.05) is 30.5 Å². The fraction of sp³-hybridized carbons (Fsp3) is 0.312. The molecule has 0 saturated carbocycles. The maximum absolute atomic E-state index is 5.25. The average molecular weight is 335 g/mol. The third kappa shape index (κ3) is 3.58. The van der Waals surface area contributed by atoms with Gasteiger partial charge >= 0.3 is 0 Å². The number of aromatic nitrogens is 1. The number of hydrogen-bond acceptors (Lipinski definition) is 3. The summed E-state index contributed by atoms with van der Waals surface area (Å²) < 4.78 is 6.22. The van der Waals surface area contributed by atoms with Crippen molar-refractivity contribution in [3.8, 4) is 5.75 Å². The van der Waals surface area contributed by atoms with Crippen molar-refractivity contribution in [3.63, 3.8) is 0 Å². The SMILES string of the molecule is COc1ccc(C(C)N[C@H](C)c2ccccn2)cc1Br. The first-order valence-electron chi connectivity index (χ1n) is 6.62. The van der Waals surface area contributed by atoms with Crippen LogP contribution in [0.1, 0.15) is 37.2 Å². The van der Waals surface area contributed by atoms with Gasteiger partial charge in [0.15, 0.2) is 0 Å². The number of rotatable bonds is 5. The molecule has 1 N–H and O–H groups in total. The van der Waals surface area contributed by atoms with Crippen LogP contribution in [0.2, 0.25) is 0 Å². The van der Waals surface area contributed by atoms with Gasteiger partial charge in [-0.1, -0.05) is 12.1 Å². The quantitative estimate of drug-likeness (QED) is 0.886. The van der Waals surface area contributed by atoms with Crippen LogP contribution in [0.25, 0.3) is 0 Å². The van der Waals surface area contributed by atoms with Crippen molar-refractivity contribution in [1.29, 1.82) is 0 Å². The van der Waals surface area contributed by atoms with Gasteiger partial charge in [0.25, 0.3) is 0 Å². The van der Waals surface area contributed by atoms with Crippen molar-refractivity contribution in [2.75, 3.05) is 7.11 Å². The lowest BCUT2D eigenvalue weighted by Gasteiger charge is -2.20. The van der Waals surface area contributed by atoms with E-state index in [9.17, 15) is 0 Å². The highest BCUT2D eigenvalue weighted by atomic mass is 79.9. The van der Waals surface area contributed by atoms with E-state index in [-0.39, 0.29) is 12.1 Å². The smallest absolute Gasteiger partial charge is 0.133 e. The third-order valence-corrected chi connectivity index (χ3v) is 3.93. The van der Waals surface area contributed by atoms with E-state index in [1.54, 1.807) is 7.11 Å². The van der Waals surface area contributed by atoms with Gasteiger partial charge in [-0.05, 0) is 59.6 Å². The summed E-state index contributed by atoms with van der Waals surface area (Å²) in [6, 6.07) is 12.5. The van der Waals surface area contributed by atoms with Gasteiger partial charge in [-0.25, -0.2) is 0 Å². The minimum atomic E-state index is 0.201. The lowest BCUT2D eigenvalue weighted by Crippen LogP contribution is -2.23. The third-order valence-electron chi connectivity index (χ3n) is 3.31. The Bertz CT molecular complexity index is 560. The monoisotopic (exact) mass is 334 g/mol. The molecule has 0 radical (unpaired) electrons. The van der Waals surface area contributed by atoms with Crippen LogP contribution in [0.5, 0.6) is 5.75 Å². The molecule has 2 atom stereocenters. The zero-order chi connectivity index (χ0) is 14.5. The molecular formula is C16H19BrN2O. The van der Waals surface area contributed by atoms with E-state index < -0.39 is 0 Å². The molecule has 1 heterocycles. The molecule has 0 amide bonds. The topological polar surface area (TPSA) is 34.1 Å². The molecule has 2 rings (SSSR count). The van der Waals surface area contributed by atoms with Crippen LogP contribution in [0.15, 0.2) is 47.1 Å². The Labute approximate surface area is 128 Å². The molecule has 20 heavy (non-hydrogen) atoms. The Morgan fingerprint density at radius 3 is 2.55 bits per heavy atom. The second-order valence-electron chi connectivity index (χ2n) is 4.76. The van der Waals surface area contributed by atoms with Crippen molar-refractivity contribution in [1.82, 2.24) is 10.3 Å². The highest BCUT2D eigenvalue weighted by Crippen LogP contribution is 2.28. The summed E-state index contributed by atoms with van der Waals surface area (Å²) in [7, 11) is 1.67. The second-order valence-corrected chi connectivity index (χ2v) is 5.61. The van der Waals surface area contributed by atoms with Crippen LogP contribution >= 0.6 is 15.9 Å². The molecule has 0 aliphatic heterocycles. The molecule has 0 spiro atoms. The molecular weight excluding hydrogens is 316 g/mol. The largest absolute Gasteiger partial charge is 0.496 e. The standard InChI is InChI=1S/C16H19BrN2O/c1-11(13-7-8-16(20-3)14(17)10-13)19-12(2)15-6-4-5-9-18-15/h4-12,19H,1-3H3/t11?,12-/m1/s1. The molecule has 1 aromatic carbocycles. The van der Waals surface area contributed by atoms with Crippen LogP contribution in [0.3, 0.4) is 0 Å². The van der Waals surface area contributed by atoms with Crippen molar-refractivity contribution in [3.05, 3.63) is 58.3 Å². The zero-order valence-electron chi connectivity index (χ0n) is 11.9. The van der Waals surface area contributed by atoms with E-state index in [2.05, 4.69) is 52.2 Å². The summed E-state index contributed by atoms with van der Waals surface area (Å²) in [5, 5.41) is 3.55. The molecule has 0 bridgehead atoms. The highest BCUT2D eigenvalue weighted by Gasteiger charge is 2.13. The molecule has 1 unspecified atom stereocenters. The van der Waals surface area contributed by atoms with E-state index in [1.165, 1.54) is 5.56 Å². The molecule has 1 aromatic heterocycles. The molecule has 3 nitrogen and oxygen atoms in total.